The number of rotatable bonds is 1. The fraction of sp³-hybridized carbons (Fsp3) is 0.222. The van der Waals surface area contributed by atoms with E-state index in [-0.39, 0.29) is 6.61 Å². The van der Waals surface area contributed by atoms with Crippen LogP contribution in [0.5, 0.6) is 0 Å². The van der Waals surface area contributed by atoms with E-state index in [2.05, 4.69) is 20.9 Å². The molecule has 2 aromatic rings. The fourth-order valence-electron chi connectivity index (χ4n) is 1.33. The first-order valence-corrected chi connectivity index (χ1v) is 4.75. The summed E-state index contributed by atoms with van der Waals surface area (Å²) >= 11 is 3.32. The number of hydrogen-bond donors (Lipinski definition) is 1. The van der Waals surface area contributed by atoms with Gasteiger partial charge in [-0.05, 0) is 40.5 Å². The monoisotopic (exact) mass is 240 g/mol. The van der Waals surface area contributed by atoms with Crippen molar-refractivity contribution in [2.45, 2.75) is 13.5 Å². The Bertz CT molecular complexity index is 450. The molecule has 0 amide bonds. The van der Waals surface area contributed by atoms with Gasteiger partial charge in [0.1, 0.15) is 0 Å². The number of aliphatic hydroxyl groups is 1. The number of aliphatic hydroxyl groups excluding tert-OH is 1. The van der Waals surface area contributed by atoms with Gasteiger partial charge < -0.3 is 5.11 Å². The molecular formula is C9H9BrN2O. The van der Waals surface area contributed by atoms with Crippen LogP contribution in [0.2, 0.25) is 0 Å². The van der Waals surface area contributed by atoms with Crippen molar-refractivity contribution in [2.75, 3.05) is 0 Å². The number of pyridine rings is 1. The molecule has 3 nitrogen and oxygen atoms in total. The third-order valence-electron chi connectivity index (χ3n) is 1.98. The zero-order chi connectivity index (χ0) is 9.42. The lowest BCUT2D eigenvalue weighted by molar-refractivity contribution is 0.279. The van der Waals surface area contributed by atoms with Crippen molar-refractivity contribution < 1.29 is 5.11 Å². The molecular weight excluding hydrogens is 232 g/mol. The minimum Gasteiger partial charge on any atom is -0.390 e. The number of aryl methyl sites for hydroxylation is 1. The Balaban J connectivity index is 2.81. The topological polar surface area (TPSA) is 37.5 Å². The molecule has 1 N–H and O–H groups in total. The van der Waals surface area contributed by atoms with E-state index in [0.717, 1.165) is 15.8 Å². The second-order valence-electron chi connectivity index (χ2n) is 2.94. The molecule has 2 aromatic heterocycles. The van der Waals surface area contributed by atoms with Crippen LogP contribution in [0.25, 0.3) is 5.52 Å². The second-order valence-corrected chi connectivity index (χ2v) is 3.65. The van der Waals surface area contributed by atoms with Crippen LogP contribution < -0.4 is 0 Å². The molecule has 0 aliphatic rings. The van der Waals surface area contributed by atoms with Gasteiger partial charge in [-0.1, -0.05) is 0 Å². The van der Waals surface area contributed by atoms with Crippen molar-refractivity contribution >= 4 is 21.4 Å². The lowest BCUT2D eigenvalue weighted by atomic mass is 10.2. The quantitative estimate of drug-likeness (QED) is 0.827. The van der Waals surface area contributed by atoms with Crippen LogP contribution in [0.1, 0.15) is 11.3 Å². The Kier molecular flexibility index (Phi) is 2.09. The zero-order valence-corrected chi connectivity index (χ0v) is 8.74. The molecule has 0 spiro atoms. The highest BCUT2D eigenvalue weighted by Gasteiger charge is 2.07. The van der Waals surface area contributed by atoms with E-state index < -0.39 is 0 Å². The Hall–Kier alpha value is -0.870. The van der Waals surface area contributed by atoms with E-state index in [9.17, 15) is 0 Å². The molecule has 13 heavy (non-hydrogen) atoms. The van der Waals surface area contributed by atoms with Gasteiger partial charge in [-0.2, -0.15) is 0 Å². The number of nitrogens with zero attached hydrogens (tertiary/aromatic N) is 2. The summed E-state index contributed by atoms with van der Waals surface area (Å²) in [5.74, 6) is 0. The minimum atomic E-state index is -0.0292. The molecule has 0 aliphatic heterocycles. The van der Waals surface area contributed by atoms with Gasteiger partial charge in [0.15, 0.2) is 4.73 Å². The molecule has 0 radical (unpaired) electrons. The SMILES string of the molecule is Cc1ccn2c(Br)nc(CO)c2c1. The predicted octanol–water partition coefficient (Wildman–Crippen LogP) is 1.90. The Morgan fingerprint density at radius 1 is 1.62 bits per heavy atom. The highest BCUT2D eigenvalue weighted by atomic mass is 79.9. The third kappa shape index (κ3) is 1.36. The number of hydrogen-bond acceptors (Lipinski definition) is 2. The van der Waals surface area contributed by atoms with Crippen LogP contribution in [-0.4, -0.2) is 14.5 Å². The summed E-state index contributed by atoms with van der Waals surface area (Å²) in [4.78, 5) is 4.18. The largest absolute Gasteiger partial charge is 0.390 e. The highest BCUT2D eigenvalue weighted by molar-refractivity contribution is 9.10. The van der Waals surface area contributed by atoms with Crippen LogP contribution in [0.3, 0.4) is 0 Å². The third-order valence-corrected chi connectivity index (χ3v) is 2.54. The second kappa shape index (κ2) is 3.12. The van der Waals surface area contributed by atoms with Gasteiger partial charge in [-0.3, -0.25) is 4.40 Å². The Labute approximate surface area is 84.2 Å². The molecule has 2 rings (SSSR count). The Morgan fingerprint density at radius 2 is 2.38 bits per heavy atom. The van der Waals surface area contributed by atoms with Gasteiger partial charge in [0.2, 0.25) is 0 Å². The van der Waals surface area contributed by atoms with E-state index in [1.54, 1.807) is 0 Å². The van der Waals surface area contributed by atoms with Gasteiger partial charge in [0.05, 0.1) is 17.8 Å². The van der Waals surface area contributed by atoms with Crippen LogP contribution in [0, 0.1) is 6.92 Å². The van der Waals surface area contributed by atoms with Gasteiger partial charge >= 0.3 is 0 Å². The average Bonchev–Trinajstić information content (AvgIpc) is 2.42. The predicted molar refractivity (Wildman–Crippen MR) is 53.6 cm³/mol. The van der Waals surface area contributed by atoms with Crippen molar-refractivity contribution in [2.24, 2.45) is 0 Å². The number of aromatic nitrogens is 2. The molecule has 0 bridgehead atoms. The summed E-state index contributed by atoms with van der Waals surface area (Å²) in [7, 11) is 0. The molecule has 0 atom stereocenters. The van der Waals surface area contributed by atoms with Crippen LogP contribution in [0.4, 0.5) is 0 Å². The molecule has 0 unspecified atom stereocenters. The van der Waals surface area contributed by atoms with E-state index in [4.69, 9.17) is 5.11 Å². The van der Waals surface area contributed by atoms with E-state index in [1.807, 2.05) is 29.7 Å². The minimum absolute atomic E-state index is 0.0292. The standard InChI is InChI=1S/C9H9BrN2O/c1-6-2-3-12-8(4-6)7(5-13)11-9(12)10/h2-4,13H,5H2,1H3. The van der Waals surface area contributed by atoms with Crippen molar-refractivity contribution in [3.05, 3.63) is 34.3 Å². The maximum Gasteiger partial charge on any atom is 0.182 e. The van der Waals surface area contributed by atoms with Gasteiger partial charge in [-0.15, -0.1) is 0 Å². The summed E-state index contributed by atoms with van der Waals surface area (Å²) in [6.45, 7) is 1.99. The highest BCUT2D eigenvalue weighted by Crippen LogP contribution is 2.18. The van der Waals surface area contributed by atoms with Crippen molar-refractivity contribution in [3.63, 3.8) is 0 Å². The zero-order valence-electron chi connectivity index (χ0n) is 7.16. The van der Waals surface area contributed by atoms with E-state index >= 15 is 0 Å². The molecule has 0 aromatic carbocycles. The lowest BCUT2D eigenvalue weighted by Crippen LogP contribution is -1.86. The maximum absolute atomic E-state index is 9.04. The van der Waals surface area contributed by atoms with Crippen LogP contribution in [-0.2, 0) is 6.61 Å². The maximum atomic E-state index is 9.04. The average molecular weight is 241 g/mol. The van der Waals surface area contributed by atoms with Crippen molar-refractivity contribution in [1.82, 2.24) is 9.38 Å². The van der Waals surface area contributed by atoms with E-state index in [0.29, 0.717) is 5.69 Å². The lowest BCUT2D eigenvalue weighted by Gasteiger charge is -1.97. The molecule has 68 valence electrons. The van der Waals surface area contributed by atoms with Crippen molar-refractivity contribution in [1.29, 1.82) is 0 Å². The summed E-state index contributed by atoms with van der Waals surface area (Å²) in [5, 5.41) is 9.04. The first kappa shape index (κ1) is 8.72. The molecule has 0 saturated heterocycles. The molecule has 4 heteroatoms. The molecule has 0 fully saturated rings. The Morgan fingerprint density at radius 3 is 3.08 bits per heavy atom. The van der Waals surface area contributed by atoms with Crippen LogP contribution in [0.15, 0.2) is 23.1 Å². The molecule has 0 saturated carbocycles. The van der Waals surface area contributed by atoms with Crippen LogP contribution >= 0.6 is 15.9 Å². The van der Waals surface area contributed by atoms with Gasteiger partial charge in [0.25, 0.3) is 0 Å². The van der Waals surface area contributed by atoms with Gasteiger partial charge in [0, 0.05) is 6.20 Å². The fourth-order valence-corrected chi connectivity index (χ4v) is 1.85. The summed E-state index contributed by atoms with van der Waals surface area (Å²) in [6, 6.07) is 4.00. The number of halogens is 1. The number of imidazole rings is 1. The van der Waals surface area contributed by atoms with Gasteiger partial charge in [-0.25, -0.2) is 4.98 Å². The smallest absolute Gasteiger partial charge is 0.182 e. The summed E-state index contributed by atoms with van der Waals surface area (Å²) in [5.41, 5.74) is 2.82. The first-order chi connectivity index (χ1) is 6.22. The van der Waals surface area contributed by atoms with E-state index in [1.165, 1.54) is 0 Å². The van der Waals surface area contributed by atoms with Crippen molar-refractivity contribution in [3.8, 4) is 0 Å². The summed E-state index contributed by atoms with van der Waals surface area (Å²) < 4.78 is 2.63. The molecule has 0 aliphatic carbocycles. The summed E-state index contributed by atoms with van der Waals surface area (Å²) in [6.07, 6.45) is 1.93. The molecule has 2 heterocycles. The number of fused-ring (bicyclic) bond motifs is 1. The normalized spacial score (nSPS) is 11.0. The first-order valence-electron chi connectivity index (χ1n) is 3.96.